The van der Waals surface area contributed by atoms with Gasteiger partial charge in [0.05, 0.1) is 20.3 Å². The lowest BCUT2D eigenvalue weighted by molar-refractivity contribution is -0.140. The Balaban J connectivity index is 4.45. The van der Waals surface area contributed by atoms with Gasteiger partial charge in [-0.1, -0.05) is 58.3 Å². The molecule has 0 aromatic heterocycles. The molecule has 0 atom stereocenters. The van der Waals surface area contributed by atoms with Crippen LogP contribution in [0.3, 0.4) is 0 Å². The maximum absolute atomic E-state index is 11.9. The number of methoxy groups -OCH3 is 1. The van der Waals surface area contributed by atoms with Crippen LogP contribution in [0.5, 0.6) is 0 Å². The third kappa shape index (κ3) is 13.6. The Morgan fingerprint density at radius 3 is 2.17 bits per heavy atom. The highest BCUT2D eigenvalue weighted by Crippen LogP contribution is 2.36. The Labute approximate surface area is 185 Å². The molecule has 0 unspecified atom stereocenters. The normalized spacial score (nSPS) is 12.2. The molecule has 0 radical (unpaired) electrons. The van der Waals surface area contributed by atoms with Crippen LogP contribution in [0.4, 0.5) is 0 Å². The summed E-state index contributed by atoms with van der Waals surface area (Å²) in [6, 6.07) is 0. The molecule has 0 aromatic rings. The number of rotatable bonds is 13. The van der Waals surface area contributed by atoms with Crippen LogP contribution in [0.15, 0.2) is 11.6 Å². The monoisotopic (exact) mass is 438 g/mol. The van der Waals surface area contributed by atoms with Gasteiger partial charge in [-0.05, 0) is 37.9 Å². The lowest BCUT2D eigenvalue weighted by Crippen LogP contribution is -2.41. The minimum atomic E-state index is -1.91. The van der Waals surface area contributed by atoms with E-state index >= 15 is 0 Å². The van der Waals surface area contributed by atoms with Crippen LogP contribution in [0.2, 0.25) is 18.1 Å². The molecule has 0 aliphatic rings. The molecule has 0 amide bonds. The SMILES string of the molecule is CCOC(=O)/C=C(/C#CCCCCCCCCC(=O)OC)CO[Si](C)(C)C(C)(C)C. The summed E-state index contributed by atoms with van der Waals surface area (Å²) >= 11 is 0. The van der Waals surface area contributed by atoms with Gasteiger partial charge in [0.1, 0.15) is 0 Å². The van der Waals surface area contributed by atoms with Crippen molar-refractivity contribution < 1.29 is 23.5 Å². The van der Waals surface area contributed by atoms with E-state index in [1.165, 1.54) is 13.2 Å². The van der Waals surface area contributed by atoms with Gasteiger partial charge in [0.2, 0.25) is 0 Å². The molecule has 0 heterocycles. The zero-order chi connectivity index (χ0) is 23.0. The Morgan fingerprint density at radius 2 is 1.60 bits per heavy atom. The van der Waals surface area contributed by atoms with Crippen LogP contribution in [-0.2, 0) is 23.5 Å². The smallest absolute Gasteiger partial charge is 0.331 e. The quantitative estimate of drug-likeness (QED) is 0.120. The number of hydrogen-bond acceptors (Lipinski definition) is 5. The summed E-state index contributed by atoms with van der Waals surface area (Å²) in [6.45, 7) is 13.4. The summed E-state index contributed by atoms with van der Waals surface area (Å²) in [5.41, 5.74) is 0.682. The number of ether oxygens (including phenoxy) is 2. The predicted molar refractivity (Wildman–Crippen MR) is 125 cm³/mol. The maximum atomic E-state index is 11.9. The second kappa shape index (κ2) is 15.3. The molecule has 172 valence electrons. The summed E-state index contributed by atoms with van der Waals surface area (Å²) in [7, 11) is -0.486. The minimum absolute atomic E-state index is 0.103. The van der Waals surface area contributed by atoms with Gasteiger partial charge in [0.15, 0.2) is 8.32 Å². The molecule has 0 aromatic carbocycles. The molecule has 0 N–H and O–H groups in total. The number of esters is 2. The Hall–Kier alpha value is -1.58. The summed E-state index contributed by atoms with van der Waals surface area (Å²) in [5, 5.41) is 0.103. The van der Waals surface area contributed by atoms with Crippen molar-refractivity contribution in [1.82, 2.24) is 0 Å². The second-order valence-electron chi connectivity index (χ2n) is 8.97. The molecular weight excluding hydrogens is 396 g/mol. The zero-order valence-corrected chi connectivity index (χ0v) is 21.2. The first kappa shape index (κ1) is 28.4. The van der Waals surface area contributed by atoms with Gasteiger partial charge in [0.25, 0.3) is 0 Å². The van der Waals surface area contributed by atoms with Crippen molar-refractivity contribution in [1.29, 1.82) is 0 Å². The van der Waals surface area contributed by atoms with E-state index in [-0.39, 0.29) is 17.0 Å². The average Bonchev–Trinajstić information content (AvgIpc) is 2.66. The number of carbonyl (C=O) groups excluding carboxylic acids is 2. The molecule has 0 rings (SSSR count). The minimum Gasteiger partial charge on any atom is -0.469 e. The molecule has 30 heavy (non-hydrogen) atoms. The lowest BCUT2D eigenvalue weighted by atomic mass is 10.1. The molecule has 0 spiro atoms. The van der Waals surface area contributed by atoms with E-state index in [0.29, 0.717) is 25.2 Å². The van der Waals surface area contributed by atoms with Crippen LogP contribution in [0, 0.1) is 11.8 Å². The third-order valence-corrected chi connectivity index (χ3v) is 9.86. The first-order valence-electron chi connectivity index (χ1n) is 11.1. The third-order valence-electron chi connectivity index (χ3n) is 5.38. The van der Waals surface area contributed by atoms with Crippen molar-refractivity contribution in [2.75, 3.05) is 20.3 Å². The Kier molecular flexibility index (Phi) is 14.4. The molecule has 0 aliphatic carbocycles. The second-order valence-corrected chi connectivity index (χ2v) is 13.8. The van der Waals surface area contributed by atoms with Gasteiger partial charge in [-0.3, -0.25) is 4.79 Å². The van der Waals surface area contributed by atoms with Crippen molar-refractivity contribution in [2.24, 2.45) is 0 Å². The number of unbranched alkanes of at least 4 members (excludes halogenated alkanes) is 6. The first-order chi connectivity index (χ1) is 14.0. The lowest BCUT2D eigenvalue weighted by Gasteiger charge is -2.36. The first-order valence-corrected chi connectivity index (χ1v) is 14.0. The van der Waals surface area contributed by atoms with Crippen molar-refractivity contribution in [3.05, 3.63) is 11.6 Å². The summed E-state index contributed by atoms with van der Waals surface area (Å²) < 4.78 is 15.9. The Morgan fingerprint density at radius 1 is 1.00 bits per heavy atom. The number of carbonyl (C=O) groups is 2. The predicted octanol–water partition coefficient (Wildman–Crippen LogP) is 5.79. The molecule has 0 saturated heterocycles. The zero-order valence-electron chi connectivity index (χ0n) is 20.2. The van der Waals surface area contributed by atoms with Crippen LogP contribution in [0.25, 0.3) is 0 Å². The molecule has 0 fully saturated rings. The van der Waals surface area contributed by atoms with Gasteiger partial charge in [-0.2, -0.15) is 0 Å². The highest BCUT2D eigenvalue weighted by Gasteiger charge is 2.37. The average molecular weight is 439 g/mol. The molecule has 0 aliphatic heterocycles. The number of hydrogen-bond donors (Lipinski definition) is 0. The van der Waals surface area contributed by atoms with E-state index in [1.807, 2.05) is 0 Å². The molecule has 0 bridgehead atoms. The Bertz CT molecular complexity index is 605. The van der Waals surface area contributed by atoms with Gasteiger partial charge in [0, 0.05) is 24.5 Å². The molecule has 0 saturated carbocycles. The fourth-order valence-electron chi connectivity index (χ4n) is 2.38. The van der Waals surface area contributed by atoms with Gasteiger partial charge in [-0.15, -0.1) is 0 Å². The van der Waals surface area contributed by atoms with Crippen molar-refractivity contribution >= 4 is 20.3 Å². The van der Waals surface area contributed by atoms with Crippen LogP contribution >= 0.6 is 0 Å². The topological polar surface area (TPSA) is 61.8 Å². The van der Waals surface area contributed by atoms with Crippen LogP contribution in [0.1, 0.15) is 79.1 Å². The van der Waals surface area contributed by atoms with E-state index < -0.39 is 8.32 Å². The van der Waals surface area contributed by atoms with E-state index in [2.05, 4.69) is 50.4 Å². The fourth-order valence-corrected chi connectivity index (χ4v) is 3.33. The fraction of sp³-hybridized carbons (Fsp3) is 0.750. The molecular formula is C24H42O5Si. The van der Waals surface area contributed by atoms with E-state index in [4.69, 9.17) is 9.16 Å². The van der Waals surface area contributed by atoms with Crippen LogP contribution in [-0.4, -0.2) is 40.6 Å². The van der Waals surface area contributed by atoms with Crippen LogP contribution < -0.4 is 0 Å². The molecule has 6 heteroatoms. The summed E-state index contributed by atoms with van der Waals surface area (Å²) in [4.78, 5) is 22.9. The standard InChI is InChI=1S/C24H42O5Si/c1-8-28-23(26)19-21(20-29-30(6,7)24(2,3)4)17-15-13-11-9-10-12-14-16-18-22(25)27-5/h19H,8-14,16,18,20H2,1-7H3/b21-19-. The highest BCUT2D eigenvalue weighted by molar-refractivity contribution is 6.74. The maximum Gasteiger partial charge on any atom is 0.331 e. The highest BCUT2D eigenvalue weighted by atomic mass is 28.4. The van der Waals surface area contributed by atoms with Crippen molar-refractivity contribution in [3.8, 4) is 11.8 Å². The van der Waals surface area contributed by atoms with Gasteiger partial charge >= 0.3 is 11.9 Å². The summed E-state index contributed by atoms with van der Waals surface area (Å²) in [6.07, 6.45) is 9.12. The van der Waals surface area contributed by atoms with E-state index in [0.717, 1.165) is 44.9 Å². The van der Waals surface area contributed by atoms with Crippen molar-refractivity contribution in [2.45, 2.75) is 97.2 Å². The summed E-state index contributed by atoms with van der Waals surface area (Å²) in [5.74, 6) is 5.80. The van der Waals surface area contributed by atoms with Gasteiger partial charge in [-0.25, -0.2) is 4.79 Å². The van der Waals surface area contributed by atoms with Gasteiger partial charge < -0.3 is 13.9 Å². The molecule has 5 nitrogen and oxygen atoms in total. The largest absolute Gasteiger partial charge is 0.469 e. The van der Waals surface area contributed by atoms with Crippen molar-refractivity contribution in [3.63, 3.8) is 0 Å². The van der Waals surface area contributed by atoms with E-state index in [1.54, 1.807) is 6.92 Å². The van der Waals surface area contributed by atoms with E-state index in [9.17, 15) is 9.59 Å².